The number of nitrogens with two attached hydrogens (primary N) is 1. The first-order valence-electron chi connectivity index (χ1n) is 5.40. The first-order chi connectivity index (χ1) is 9.49. The molecule has 2 aromatic rings. The van der Waals surface area contributed by atoms with Crippen molar-refractivity contribution in [2.45, 2.75) is 0 Å². The number of benzene rings is 1. The Hall–Kier alpha value is -1.53. The maximum atomic E-state index is 12.1. The lowest BCUT2D eigenvalue weighted by Crippen LogP contribution is -2.16. The number of nitrogens with zero attached hydrogens (tertiary/aromatic N) is 1. The lowest BCUT2D eigenvalue weighted by atomic mass is 10.3. The van der Waals surface area contributed by atoms with Gasteiger partial charge in [0.2, 0.25) is 0 Å². The number of carbonyl (C=O) groups excluding carboxylic acids is 1. The maximum absolute atomic E-state index is 12.1. The molecule has 0 aliphatic rings. The van der Waals surface area contributed by atoms with Crippen molar-refractivity contribution >= 4 is 52.2 Å². The molecular formula is C12H9Cl3N4O. The summed E-state index contributed by atoms with van der Waals surface area (Å²) in [7, 11) is 0. The predicted molar refractivity (Wildman–Crippen MR) is 81.5 cm³/mol. The highest BCUT2D eigenvalue weighted by atomic mass is 35.5. The minimum absolute atomic E-state index is 0.0400. The van der Waals surface area contributed by atoms with Crippen LogP contribution in [0.25, 0.3) is 0 Å². The van der Waals surface area contributed by atoms with Gasteiger partial charge in [0.05, 0.1) is 5.02 Å². The molecule has 0 atom stereocenters. The van der Waals surface area contributed by atoms with Crippen molar-refractivity contribution in [2.75, 3.05) is 10.7 Å². The smallest absolute Gasteiger partial charge is 0.275 e. The number of carbonyl (C=O) groups is 1. The molecule has 0 saturated carbocycles. The van der Waals surface area contributed by atoms with E-state index in [-0.39, 0.29) is 10.7 Å². The fraction of sp³-hybridized carbons (Fsp3) is 0. The van der Waals surface area contributed by atoms with E-state index in [4.69, 9.17) is 40.6 Å². The third-order valence-electron chi connectivity index (χ3n) is 2.33. The summed E-state index contributed by atoms with van der Waals surface area (Å²) in [4.78, 5) is 16.1. The van der Waals surface area contributed by atoms with Crippen molar-refractivity contribution < 1.29 is 4.79 Å². The van der Waals surface area contributed by atoms with Gasteiger partial charge in [0.1, 0.15) is 11.5 Å². The van der Waals surface area contributed by atoms with E-state index >= 15 is 0 Å². The highest BCUT2D eigenvalue weighted by Crippen LogP contribution is 2.24. The van der Waals surface area contributed by atoms with Crippen LogP contribution in [0.5, 0.6) is 0 Å². The van der Waals surface area contributed by atoms with Crippen molar-refractivity contribution in [2.24, 2.45) is 5.84 Å². The minimum atomic E-state index is -0.495. The van der Waals surface area contributed by atoms with Gasteiger partial charge in [0, 0.05) is 15.7 Å². The molecule has 0 radical (unpaired) electrons. The molecule has 1 heterocycles. The lowest BCUT2D eigenvalue weighted by molar-refractivity contribution is 0.102. The Morgan fingerprint density at radius 2 is 1.75 bits per heavy atom. The number of hydrogen-bond donors (Lipinski definition) is 3. The van der Waals surface area contributed by atoms with Crippen molar-refractivity contribution in [3.05, 3.63) is 51.1 Å². The first kappa shape index (κ1) is 14.9. The monoisotopic (exact) mass is 330 g/mol. The molecule has 0 bridgehead atoms. The second kappa shape index (κ2) is 6.28. The predicted octanol–water partition coefficient (Wildman–Crippen LogP) is 3.58. The molecule has 104 valence electrons. The van der Waals surface area contributed by atoms with E-state index in [2.05, 4.69) is 15.7 Å². The molecule has 0 unspecified atom stereocenters. The molecule has 20 heavy (non-hydrogen) atoms. The zero-order valence-electron chi connectivity index (χ0n) is 9.95. The topological polar surface area (TPSA) is 80.0 Å². The molecule has 5 nitrogen and oxygen atoms in total. The van der Waals surface area contributed by atoms with E-state index in [9.17, 15) is 4.79 Å². The average Bonchev–Trinajstić information content (AvgIpc) is 2.37. The summed E-state index contributed by atoms with van der Waals surface area (Å²) in [5, 5.41) is 3.63. The van der Waals surface area contributed by atoms with Gasteiger partial charge in [-0.3, -0.25) is 4.79 Å². The molecule has 2 rings (SSSR count). The molecule has 1 aromatic heterocycles. The fourth-order valence-electron chi connectivity index (χ4n) is 1.50. The highest BCUT2D eigenvalue weighted by molar-refractivity contribution is 6.35. The molecule has 0 aliphatic heterocycles. The second-order valence-corrected chi connectivity index (χ2v) is 5.06. The van der Waals surface area contributed by atoms with Gasteiger partial charge in [-0.1, -0.05) is 34.8 Å². The Bertz CT molecular complexity index is 643. The number of rotatable bonds is 3. The number of nitrogens with one attached hydrogen (secondary N) is 2. The third kappa shape index (κ3) is 3.52. The van der Waals surface area contributed by atoms with E-state index in [0.29, 0.717) is 21.6 Å². The Balaban J connectivity index is 2.27. The molecule has 1 aromatic carbocycles. The summed E-state index contributed by atoms with van der Waals surface area (Å²) >= 11 is 17.6. The standard InChI is InChI=1S/C12H9Cl3N4O/c13-6-3-7(14)5-8(4-6)17-12(20)11-9(15)1-2-10(18-11)19-16/h1-5H,16H2,(H,17,20)(H,18,19). The van der Waals surface area contributed by atoms with Crippen LogP contribution in [0.3, 0.4) is 0 Å². The zero-order chi connectivity index (χ0) is 14.7. The van der Waals surface area contributed by atoms with E-state index in [1.165, 1.54) is 6.07 Å². The number of pyridine rings is 1. The minimum Gasteiger partial charge on any atom is -0.321 e. The molecule has 4 N–H and O–H groups in total. The van der Waals surface area contributed by atoms with Crippen LogP contribution in [0.15, 0.2) is 30.3 Å². The van der Waals surface area contributed by atoms with Gasteiger partial charge in [-0.25, -0.2) is 10.8 Å². The SMILES string of the molecule is NNc1ccc(Cl)c(C(=O)Nc2cc(Cl)cc(Cl)c2)n1. The lowest BCUT2D eigenvalue weighted by Gasteiger charge is -2.08. The van der Waals surface area contributed by atoms with E-state index in [0.717, 1.165) is 0 Å². The van der Waals surface area contributed by atoms with E-state index < -0.39 is 5.91 Å². The van der Waals surface area contributed by atoms with Gasteiger partial charge in [-0.05, 0) is 30.3 Å². The summed E-state index contributed by atoms with van der Waals surface area (Å²) in [6, 6.07) is 7.75. The van der Waals surface area contributed by atoms with Crippen molar-refractivity contribution in [1.82, 2.24) is 4.98 Å². The largest absolute Gasteiger partial charge is 0.321 e. The highest BCUT2D eigenvalue weighted by Gasteiger charge is 2.14. The van der Waals surface area contributed by atoms with Crippen LogP contribution in [0, 0.1) is 0 Å². The maximum Gasteiger partial charge on any atom is 0.275 e. The Kier molecular flexibility index (Phi) is 4.67. The summed E-state index contributed by atoms with van der Waals surface area (Å²) in [5.41, 5.74) is 2.82. The number of halogens is 3. The molecular weight excluding hydrogens is 323 g/mol. The van der Waals surface area contributed by atoms with Gasteiger partial charge in [-0.2, -0.15) is 0 Å². The first-order valence-corrected chi connectivity index (χ1v) is 6.53. The van der Waals surface area contributed by atoms with Gasteiger partial charge >= 0.3 is 0 Å². The summed E-state index contributed by atoms with van der Waals surface area (Å²) in [6.07, 6.45) is 0. The number of anilines is 2. The van der Waals surface area contributed by atoms with Crippen molar-refractivity contribution in [1.29, 1.82) is 0 Å². The van der Waals surface area contributed by atoms with E-state index in [1.807, 2.05) is 0 Å². The van der Waals surface area contributed by atoms with E-state index in [1.54, 1.807) is 24.3 Å². The molecule has 0 fully saturated rings. The van der Waals surface area contributed by atoms with Gasteiger partial charge in [0.15, 0.2) is 0 Å². The van der Waals surface area contributed by atoms with Gasteiger partial charge in [0.25, 0.3) is 5.91 Å². The van der Waals surface area contributed by atoms with Crippen LogP contribution in [0.1, 0.15) is 10.5 Å². The third-order valence-corrected chi connectivity index (χ3v) is 3.07. The number of aromatic nitrogens is 1. The van der Waals surface area contributed by atoms with Crippen LogP contribution in [0.4, 0.5) is 11.5 Å². The molecule has 1 amide bonds. The normalized spacial score (nSPS) is 10.2. The van der Waals surface area contributed by atoms with Crippen LogP contribution in [0.2, 0.25) is 15.1 Å². The van der Waals surface area contributed by atoms with Gasteiger partial charge < -0.3 is 10.7 Å². The Morgan fingerprint density at radius 3 is 2.35 bits per heavy atom. The zero-order valence-corrected chi connectivity index (χ0v) is 12.2. The summed E-state index contributed by atoms with van der Waals surface area (Å²) in [6.45, 7) is 0. The molecule has 0 saturated heterocycles. The summed E-state index contributed by atoms with van der Waals surface area (Å²) < 4.78 is 0. The fourth-order valence-corrected chi connectivity index (χ4v) is 2.22. The van der Waals surface area contributed by atoms with Crippen molar-refractivity contribution in [3.8, 4) is 0 Å². The average molecular weight is 332 g/mol. The van der Waals surface area contributed by atoms with Crippen molar-refractivity contribution in [3.63, 3.8) is 0 Å². The number of amides is 1. The Morgan fingerprint density at radius 1 is 1.10 bits per heavy atom. The Labute approximate surface area is 130 Å². The van der Waals surface area contributed by atoms with Gasteiger partial charge in [-0.15, -0.1) is 0 Å². The van der Waals surface area contributed by atoms with Crippen LogP contribution < -0.4 is 16.6 Å². The number of hydrogen-bond acceptors (Lipinski definition) is 4. The van der Waals surface area contributed by atoms with Crippen LogP contribution >= 0.6 is 34.8 Å². The molecule has 0 aliphatic carbocycles. The van der Waals surface area contributed by atoms with Crippen LogP contribution in [-0.4, -0.2) is 10.9 Å². The molecule has 8 heteroatoms. The molecule has 0 spiro atoms. The number of hydrazine groups is 1. The second-order valence-electron chi connectivity index (χ2n) is 3.78. The van der Waals surface area contributed by atoms with Crippen LogP contribution in [-0.2, 0) is 0 Å². The quantitative estimate of drug-likeness (QED) is 0.593. The summed E-state index contributed by atoms with van der Waals surface area (Å²) in [5.74, 6) is 5.07. The number of nitrogen functional groups attached to an aromatic ring is 1.